The van der Waals surface area contributed by atoms with Crippen molar-refractivity contribution in [3.05, 3.63) is 143 Å². The van der Waals surface area contributed by atoms with Crippen LogP contribution in [0.3, 0.4) is 0 Å². The molecule has 0 spiro atoms. The molecule has 0 radical (unpaired) electrons. The van der Waals surface area contributed by atoms with Crippen LogP contribution in [0.25, 0.3) is 0 Å². The zero-order chi connectivity index (χ0) is 29.1. The van der Waals surface area contributed by atoms with Crippen LogP contribution in [-0.2, 0) is 9.47 Å². The molecule has 6 rings (SSSR count). The van der Waals surface area contributed by atoms with Crippen LogP contribution in [0.4, 0.5) is 17.6 Å². The molecule has 2 heterocycles. The fourth-order valence-electron chi connectivity index (χ4n) is 6.45. The molecule has 0 saturated carbocycles. The van der Waals surface area contributed by atoms with E-state index in [-0.39, 0.29) is 29.4 Å². The summed E-state index contributed by atoms with van der Waals surface area (Å²) in [5.41, 5.74) is 3.29. The molecule has 2 bridgehead atoms. The highest BCUT2D eigenvalue weighted by Gasteiger charge is 2.41. The second-order valence-electron chi connectivity index (χ2n) is 11.2. The summed E-state index contributed by atoms with van der Waals surface area (Å²) in [6, 6.07) is 25.7. The van der Waals surface area contributed by atoms with Gasteiger partial charge in [-0.2, -0.15) is 0 Å². The first kappa shape index (κ1) is 28.6. The number of ether oxygens (including phenoxy) is 2. The van der Waals surface area contributed by atoms with Crippen molar-refractivity contribution in [2.45, 2.75) is 56.1 Å². The average molecular weight is 576 g/mol. The molecule has 4 aromatic rings. The van der Waals surface area contributed by atoms with Crippen LogP contribution in [0.1, 0.15) is 60.1 Å². The number of piperidine rings is 1. The van der Waals surface area contributed by atoms with Gasteiger partial charge in [-0.3, -0.25) is 4.90 Å². The quantitative estimate of drug-likeness (QED) is 0.178. The standard InChI is InChI=1S/C35H33F4NO2/c36-27-9-1-23(2-10-27)34(24-3-11-28(37)12-4-24)41-20-19-40-31-17-18-32(40)22-33(21-31)42-35(25-5-13-29(38)14-6-25)26-7-15-30(39)16-8-26/h1-16,31-35H,17-22H2/t31-,32+,33?. The summed E-state index contributed by atoms with van der Waals surface area (Å²) in [5.74, 6) is -1.27. The fourth-order valence-corrected chi connectivity index (χ4v) is 6.45. The number of fused-ring (bicyclic) bond motifs is 2. The van der Waals surface area contributed by atoms with E-state index >= 15 is 0 Å². The highest BCUT2D eigenvalue weighted by molar-refractivity contribution is 5.32. The zero-order valence-electron chi connectivity index (χ0n) is 23.1. The minimum atomic E-state index is -0.433. The molecule has 4 aromatic carbocycles. The molecular weight excluding hydrogens is 542 g/mol. The summed E-state index contributed by atoms with van der Waals surface area (Å²) in [6.45, 7) is 1.20. The highest BCUT2D eigenvalue weighted by atomic mass is 19.1. The smallest absolute Gasteiger partial charge is 0.123 e. The van der Waals surface area contributed by atoms with Crippen LogP contribution in [0, 0.1) is 23.3 Å². The van der Waals surface area contributed by atoms with E-state index in [4.69, 9.17) is 9.47 Å². The Morgan fingerprint density at radius 2 is 0.905 bits per heavy atom. The van der Waals surface area contributed by atoms with Crippen LogP contribution < -0.4 is 0 Å². The maximum atomic E-state index is 13.7. The van der Waals surface area contributed by atoms with Crippen LogP contribution in [-0.4, -0.2) is 36.2 Å². The molecule has 2 aliphatic heterocycles. The van der Waals surface area contributed by atoms with Gasteiger partial charge in [-0.25, -0.2) is 17.6 Å². The lowest BCUT2D eigenvalue weighted by Gasteiger charge is -2.40. The van der Waals surface area contributed by atoms with Crippen LogP contribution >= 0.6 is 0 Å². The van der Waals surface area contributed by atoms with E-state index in [0.717, 1.165) is 54.5 Å². The van der Waals surface area contributed by atoms with Gasteiger partial charge in [0, 0.05) is 18.6 Å². The Labute approximate surface area is 243 Å². The number of hydrogen-bond acceptors (Lipinski definition) is 3. The second-order valence-corrected chi connectivity index (χ2v) is 11.2. The normalized spacial score (nSPS) is 20.5. The molecule has 2 saturated heterocycles. The molecule has 3 nitrogen and oxygen atoms in total. The van der Waals surface area contributed by atoms with Crippen molar-refractivity contribution in [2.75, 3.05) is 13.2 Å². The van der Waals surface area contributed by atoms with Crippen LogP contribution in [0.15, 0.2) is 97.1 Å². The molecule has 2 aliphatic rings. The van der Waals surface area contributed by atoms with Gasteiger partial charge in [0.25, 0.3) is 0 Å². The average Bonchev–Trinajstić information content (AvgIpc) is 3.23. The van der Waals surface area contributed by atoms with Crippen LogP contribution in [0.2, 0.25) is 0 Å². The molecule has 0 aliphatic carbocycles. The third kappa shape index (κ3) is 6.59. The maximum Gasteiger partial charge on any atom is 0.123 e. The number of benzene rings is 4. The molecule has 7 heteroatoms. The van der Waals surface area contributed by atoms with Gasteiger partial charge in [0.05, 0.1) is 12.7 Å². The SMILES string of the molecule is Fc1ccc(C(OCCN2[C@@H]3CC[C@H]2CC(OC(c2ccc(F)cc2)c2ccc(F)cc2)C3)c2ccc(F)cc2)cc1. The predicted octanol–water partition coefficient (Wildman–Crippen LogP) is 8.15. The number of nitrogens with zero attached hydrogens (tertiary/aromatic N) is 1. The first-order valence-corrected chi connectivity index (χ1v) is 14.5. The van der Waals surface area contributed by atoms with Crippen molar-refractivity contribution in [3.8, 4) is 0 Å². The zero-order valence-corrected chi connectivity index (χ0v) is 23.1. The molecule has 3 atom stereocenters. The van der Waals surface area contributed by atoms with Gasteiger partial charge in [-0.15, -0.1) is 0 Å². The van der Waals surface area contributed by atoms with Gasteiger partial charge in [0.1, 0.15) is 35.5 Å². The fraction of sp³-hybridized carbons (Fsp3) is 0.314. The van der Waals surface area contributed by atoms with Crippen LogP contribution in [0.5, 0.6) is 0 Å². The molecule has 1 unspecified atom stereocenters. The molecule has 0 aromatic heterocycles. The third-order valence-corrected chi connectivity index (χ3v) is 8.49. The van der Waals surface area contributed by atoms with Gasteiger partial charge in [-0.1, -0.05) is 48.5 Å². The topological polar surface area (TPSA) is 21.7 Å². The minimum absolute atomic E-state index is 0.00551. The Morgan fingerprint density at radius 3 is 1.29 bits per heavy atom. The lowest BCUT2D eigenvalue weighted by molar-refractivity contribution is -0.0548. The molecule has 2 fully saturated rings. The van der Waals surface area contributed by atoms with E-state index in [1.165, 1.54) is 48.5 Å². The van der Waals surface area contributed by atoms with Crippen molar-refractivity contribution < 1.29 is 27.0 Å². The predicted molar refractivity (Wildman–Crippen MR) is 153 cm³/mol. The second kappa shape index (κ2) is 12.8. The number of hydrogen-bond donors (Lipinski definition) is 0. The van der Waals surface area contributed by atoms with E-state index in [1.807, 2.05) is 0 Å². The van der Waals surface area contributed by atoms with Crippen molar-refractivity contribution in [2.24, 2.45) is 0 Å². The number of rotatable bonds is 10. The van der Waals surface area contributed by atoms with Crippen molar-refractivity contribution >= 4 is 0 Å². The summed E-state index contributed by atoms with van der Waals surface area (Å²) in [4.78, 5) is 2.50. The van der Waals surface area contributed by atoms with Crippen molar-refractivity contribution in [1.29, 1.82) is 0 Å². The maximum absolute atomic E-state index is 13.7. The van der Waals surface area contributed by atoms with E-state index in [9.17, 15) is 17.6 Å². The van der Waals surface area contributed by atoms with Gasteiger partial charge >= 0.3 is 0 Å². The first-order valence-electron chi connectivity index (χ1n) is 14.5. The van der Waals surface area contributed by atoms with Crippen molar-refractivity contribution in [3.63, 3.8) is 0 Å². The number of halogens is 4. The third-order valence-electron chi connectivity index (χ3n) is 8.49. The van der Waals surface area contributed by atoms with Gasteiger partial charge in [0.2, 0.25) is 0 Å². The lowest BCUT2D eigenvalue weighted by atomic mass is 9.97. The Bertz CT molecular complexity index is 1340. The molecule has 42 heavy (non-hydrogen) atoms. The summed E-state index contributed by atoms with van der Waals surface area (Å²) < 4.78 is 67.6. The largest absolute Gasteiger partial charge is 0.367 e. The van der Waals surface area contributed by atoms with Gasteiger partial charge < -0.3 is 9.47 Å². The Hall–Kier alpha value is -3.52. The Morgan fingerprint density at radius 1 is 0.548 bits per heavy atom. The summed E-state index contributed by atoms with van der Waals surface area (Å²) >= 11 is 0. The van der Waals surface area contributed by atoms with E-state index in [2.05, 4.69) is 4.90 Å². The highest BCUT2D eigenvalue weighted by Crippen LogP contribution is 2.40. The minimum Gasteiger partial charge on any atom is -0.367 e. The summed E-state index contributed by atoms with van der Waals surface area (Å²) in [5, 5.41) is 0. The molecular formula is C35H33F4NO2. The molecule has 218 valence electrons. The Balaban J connectivity index is 1.11. The van der Waals surface area contributed by atoms with Crippen molar-refractivity contribution in [1.82, 2.24) is 4.90 Å². The molecule has 0 N–H and O–H groups in total. The van der Waals surface area contributed by atoms with E-state index < -0.39 is 12.2 Å². The monoisotopic (exact) mass is 575 g/mol. The lowest BCUT2D eigenvalue weighted by Crippen LogP contribution is -2.47. The summed E-state index contributed by atoms with van der Waals surface area (Å²) in [7, 11) is 0. The Kier molecular flexibility index (Phi) is 8.70. The van der Waals surface area contributed by atoms with E-state index in [0.29, 0.717) is 18.7 Å². The summed E-state index contributed by atoms with van der Waals surface area (Å²) in [6.07, 6.45) is 3.01. The van der Waals surface area contributed by atoms with Gasteiger partial charge in [0.15, 0.2) is 0 Å². The van der Waals surface area contributed by atoms with Gasteiger partial charge in [-0.05, 0) is 96.5 Å². The first-order chi connectivity index (χ1) is 20.4. The van der Waals surface area contributed by atoms with E-state index in [1.54, 1.807) is 48.5 Å². The molecule has 0 amide bonds.